The number of fused-ring (bicyclic) bond motifs is 1. The number of hydrogen-bond donors (Lipinski definition) is 0. The van der Waals surface area contributed by atoms with Gasteiger partial charge in [0.05, 0.1) is 10.4 Å². The molecule has 0 N–H and O–H groups in total. The molecule has 2 aliphatic heterocycles. The lowest BCUT2D eigenvalue weighted by atomic mass is 9.99. The highest BCUT2D eigenvalue weighted by Crippen LogP contribution is 2.27. The molecular formula is C21H29N3O5S. The number of benzene rings is 1. The Hall–Kier alpha value is -2.13. The number of carbonyl (C=O) groups is 1. The quantitative estimate of drug-likeness (QED) is 0.735. The zero-order chi connectivity index (χ0) is 21.5. The summed E-state index contributed by atoms with van der Waals surface area (Å²) in [7, 11) is -3.66. The first kappa shape index (κ1) is 21.1. The molecule has 0 spiro atoms. The molecule has 2 fully saturated rings. The molecular weight excluding hydrogens is 406 g/mol. The summed E-state index contributed by atoms with van der Waals surface area (Å²) >= 11 is 0. The summed E-state index contributed by atoms with van der Waals surface area (Å²) in [6.07, 6.45) is 4.62. The van der Waals surface area contributed by atoms with E-state index in [1.807, 2.05) is 6.92 Å². The maximum Gasteiger partial charge on any atom is 0.420 e. The van der Waals surface area contributed by atoms with Crippen molar-refractivity contribution in [3.8, 4) is 0 Å². The molecule has 8 nitrogen and oxygen atoms in total. The highest BCUT2D eigenvalue weighted by Gasteiger charge is 2.31. The summed E-state index contributed by atoms with van der Waals surface area (Å²) in [4.78, 5) is 26.9. The average molecular weight is 436 g/mol. The van der Waals surface area contributed by atoms with Crippen LogP contribution in [0.3, 0.4) is 0 Å². The van der Waals surface area contributed by atoms with E-state index >= 15 is 0 Å². The van der Waals surface area contributed by atoms with Crippen molar-refractivity contribution >= 4 is 27.0 Å². The molecule has 2 aromatic rings. The minimum atomic E-state index is -3.66. The van der Waals surface area contributed by atoms with E-state index in [9.17, 15) is 18.0 Å². The van der Waals surface area contributed by atoms with Crippen molar-refractivity contribution in [1.29, 1.82) is 0 Å². The second-order valence-corrected chi connectivity index (χ2v) is 10.5. The molecule has 2 saturated heterocycles. The van der Waals surface area contributed by atoms with Crippen LogP contribution in [0, 0.1) is 5.92 Å². The number of likely N-dealkylation sites (tertiary alicyclic amines) is 1. The summed E-state index contributed by atoms with van der Waals surface area (Å²) in [5.74, 6) is -0.162. The zero-order valence-corrected chi connectivity index (χ0v) is 18.4. The minimum Gasteiger partial charge on any atom is -0.408 e. The summed E-state index contributed by atoms with van der Waals surface area (Å²) in [5.41, 5.74) is 0.621. The maximum absolute atomic E-state index is 13.1. The van der Waals surface area contributed by atoms with E-state index in [-0.39, 0.29) is 29.0 Å². The third-order valence-electron chi connectivity index (χ3n) is 6.42. The minimum absolute atomic E-state index is 0.0547. The van der Waals surface area contributed by atoms with Gasteiger partial charge in [0.15, 0.2) is 5.58 Å². The van der Waals surface area contributed by atoms with Gasteiger partial charge in [-0.05, 0) is 50.7 Å². The van der Waals surface area contributed by atoms with Crippen molar-refractivity contribution in [2.45, 2.75) is 63.4 Å². The normalized spacial score (nSPS) is 21.9. The summed E-state index contributed by atoms with van der Waals surface area (Å²) in [6, 6.07) is 4.41. The number of sulfonamides is 1. The van der Waals surface area contributed by atoms with Crippen molar-refractivity contribution in [1.82, 2.24) is 13.8 Å². The fraction of sp³-hybridized carbons (Fsp3) is 0.619. The van der Waals surface area contributed by atoms with E-state index in [4.69, 9.17) is 4.42 Å². The van der Waals surface area contributed by atoms with Gasteiger partial charge in [-0.2, -0.15) is 4.31 Å². The van der Waals surface area contributed by atoms with Crippen molar-refractivity contribution in [2.75, 3.05) is 19.6 Å². The average Bonchev–Trinajstić information content (AvgIpc) is 3.03. The Kier molecular flexibility index (Phi) is 5.76. The fourth-order valence-electron chi connectivity index (χ4n) is 4.41. The Bertz CT molecular complexity index is 1100. The summed E-state index contributed by atoms with van der Waals surface area (Å²) in [6.45, 7) is 5.87. The van der Waals surface area contributed by atoms with Crippen LogP contribution in [-0.2, 0) is 21.4 Å². The lowest BCUT2D eigenvalue weighted by Crippen LogP contribution is -2.41. The van der Waals surface area contributed by atoms with Gasteiger partial charge in [0.2, 0.25) is 15.9 Å². The molecule has 0 radical (unpaired) electrons. The van der Waals surface area contributed by atoms with Crippen LogP contribution in [0.25, 0.3) is 11.1 Å². The Morgan fingerprint density at radius 3 is 2.53 bits per heavy atom. The highest BCUT2D eigenvalue weighted by atomic mass is 32.2. The largest absolute Gasteiger partial charge is 0.420 e. The molecule has 1 aromatic heterocycles. The van der Waals surface area contributed by atoms with E-state index in [0.717, 1.165) is 32.1 Å². The van der Waals surface area contributed by atoms with Gasteiger partial charge in [0.25, 0.3) is 0 Å². The number of amides is 1. The third kappa shape index (κ3) is 3.92. The molecule has 0 bridgehead atoms. The number of rotatable bonds is 4. The van der Waals surface area contributed by atoms with Crippen LogP contribution in [0.2, 0.25) is 0 Å². The number of piperidine rings is 2. The third-order valence-corrected chi connectivity index (χ3v) is 8.43. The predicted octanol–water partition coefficient (Wildman–Crippen LogP) is 2.42. The molecule has 3 heterocycles. The van der Waals surface area contributed by atoms with Crippen LogP contribution in [0.5, 0.6) is 0 Å². The van der Waals surface area contributed by atoms with Gasteiger partial charge in [-0.3, -0.25) is 9.36 Å². The zero-order valence-electron chi connectivity index (χ0n) is 17.5. The number of carbonyl (C=O) groups excluding carboxylic acids is 1. The van der Waals surface area contributed by atoms with Crippen LogP contribution in [-0.4, -0.2) is 53.8 Å². The van der Waals surface area contributed by atoms with Crippen LogP contribution in [0.1, 0.15) is 46.0 Å². The molecule has 2 aliphatic rings. The SMILES string of the molecule is CC1CCN(C(=O)Cn2c(=O)oc3cc(S(=O)(=O)N4CCCCC4C)ccc32)CC1. The second-order valence-electron chi connectivity index (χ2n) is 8.61. The van der Waals surface area contributed by atoms with Crippen molar-refractivity contribution in [3.63, 3.8) is 0 Å². The van der Waals surface area contributed by atoms with E-state index in [0.29, 0.717) is 31.1 Å². The highest BCUT2D eigenvalue weighted by molar-refractivity contribution is 7.89. The van der Waals surface area contributed by atoms with E-state index in [1.54, 1.807) is 11.0 Å². The Morgan fingerprint density at radius 2 is 1.83 bits per heavy atom. The number of oxazole rings is 1. The smallest absolute Gasteiger partial charge is 0.408 e. The molecule has 1 atom stereocenters. The molecule has 1 amide bonds. The fourth-order valence-corrected chi connectivity index (χ4v) is 6.13. The van der Waals surface area contributed by atoms with Crippen LogP contribution < -0.4 is 5.76 Å². The molecule has 4 rings (SSSR count). The van der Waals surface area contributed by atoms with Crippen LogP contribution in [0.15, 0.2) is 32.3 Å². The van der Waals surface area contributed by atoms with Crippen LogP contribution in [0.4, 0.5) is 0 Å². The van der Waals surface area contributed by atoms with Gasteiger partial charge in [-0.25, -0.2) is 13.2 Å². The number of aromatic nitrogens is 1. The summed E-state index contributed by atoms with van der Waals surface area (Å²) in [5, 5.41) is 0. The lowest BCUT2D eigenvalue weighted by Gasteiger charge is -2.32. The van der Waals surface area contributed by atoms with Crippen molar-refractivity contribution < 1.29 is 17.6 Å². The topological polar surface area (TPSA) is 92.8 Å². The molecule has 0 aliphatic carbocycles. The Morgan fingerprint density at radius 1 is 1.10 bits per heavy atom. The Labute approximate surface area is 176 Å². The molecule has 0 saturated carbocycles. The standard InChI is InChI=1S/C21H29N3O5S/c1-15-8-11-22(12-9-15)20(25)14-23-18-7-6-17(13-19(18)29-21(23)26)30(27,28)24-10-4-3-5-16(24)2/h6-7,13,15-16H,3-5,8-12,14H2,1-2H3. The maximum atomic E-state index is 13.1. The first-order valence-electron chi connectivity index (χ1n) is 10.7. The molecule has 164 valence electrons. The van der Waals surface area contributed by atoms with E-state index < -0.39 is 15.8 Å². The Balaban J connectivity index is 1.60. The van der Waals surface area contributed by atoms with Crippen molar-refractivity contribution in [2.24, 2.45) is 5.92 Å². The predicted molar refractivity (Wildman–Crippen MR) is 113 cm³/mol. The first-order valence-corrected chi connectivity index (χ1v) is 12.1. The van der Waals surface area contributed by atoms with Gasteiger partial charge >= 0.3 is 5.76 Å². The van der Waals surface area contributed by atoms with E-state index in [1.165, 1.54) is 21.0 Å². The molecule has 9 heteroatoms. The number of hydrogen-bond acceptors (Lipinski definition) is 5. The van der Waals surface area contributed by atoms with Crippen LogP contribution >= 0.6 is 0 Å². The molecule has 30 heavy (non-hydrogen) atoms. The second kappa shape index (κ2) is 8.19. The monoisotopic (exact) mass is 435 g/mol. The van der Waals surface area contributed by atoms with Gasteiger partial charge in [0.1, 0.15) is 6.54 Å². The van der Waals surface area contributed by atoms with Gasteiger partial charge in [0, 0.05) is 31.7 Å². The molecule has 1 unspecified atom stereocenters. The van der Waals surface area contributed by atoms with Gasteiger partial charge in [-0.1, -0.05) is 13.3 Å². The molecule has 1 aromatic carbocycles. The lowest BCUT2D eigenvalue weighted by molar-refractivity contribution is -0.133. The van der Waals surface area contributed by atoms with Gasteiger partial charge < -0.3 is 9.32 Å². The van der Waals surface area contributed by atoms with E-state index in [2.05, 4.69) is 6.92 Å². The summed E-state index contributed by atoms with van der Waals surface area (Å²) < 4.78 is 34.3. The first-order chi connectivity index (χ1) is 14.3. The number of nitrogens with zero attached hydrogens (tertiary/aromatic N) is 3. The van der Waals surface area contributed by atoms with Crippen molar-refractivity contribution in [3.05, 3.63) is 28.7 Å². The van der Waals surface area contributed by atoms with Gasteiger partial charge in [-0.15, -0.1) is 0 Å².